The minimum absolute atomic E-state index is 0.000573. The van der Waals surface area contributed by atoms with Crippen LogP contribution in [0.1, 0.15) is 27.9 Å². The average molecular weight is 383 g/mol. The van der Waals surface area contributed by atoms with Crippen molar-refractivity contribution in [1.29, 1.82) is 0 Å². The second kappa shape index (κ2) is 6.41. The summed E-state index contributed by atoms with van der Waals surface area (Å²) in [6.45, 7) is 1.78. The molecule has 1 unspecified atom stereocenters. The molecule has 2 aromatic rings. The number of rotatable bonds is 2. The van der Waals surface area contributed by atoms with E-state index in [1.165, 1.54) is 36.4 Å². The van der Waals surface area contributed by atoms with E-state index in [1.807, 2.05) is 0 Å². The van der Waals surface area contributed by atoms with E-state index in [9.17, 15) is 23.1 Å². The third kappa shape index (κ3) is 3.20. The smallest absolute Gasteiger partial charge is 0.362 e. The maximum absolute atomic E-state index is 13.6. The number of halogens is 4. The second-order valence-corrected chi connectivity index (χ2v) is 6.46. The summed E-state index contributed by atoms with van der Waals surface area (Å²) in [6, 6.07) is 11.9. The molecule has 0 aromatic heterocycles. The number of carbonyl (C=O) groups is 1. The van der Waals surface area contributed by atoms with Crippen molar-refractivity contribution in [2.45, 2.75) is 25.2 Å². The molecule has 4 nitrogen and oxygen atoms in total. The molecule has 0 aliphatic carbocycles. The van der Waals surface area contributed by atoms with Crippen LogP contribution in [0, 0.1) is 6.92 Å². The highest BCUT2D eigenvalue weighted by Gasteiger charge is 2.63. The largest absolute Gasteiger partial charge is 0.438 e. The van der Waals surface area contributed by atoms with Crippen molar-refractivity contribution in [3.63, 3.8) is 0 Å². The number of hydrogen-bond donors (Lipinski definition) is 1. The zero-order valence-electron chi connectivity index (χ0n) is 13.6. The number of amides is 1. The Hall–Kier alpha value is -2.38. The highest BCUT2D eigenvalue weighted by atomic mass is 35.5. The van der Waals surface area contributed by atoms with E-state index in [4.69, 9.17) is 11.6 Å². The topological polar surface area (TPSA) is 52.9 Å². The fourth-order valence-corrected chi connectivity index (χ4v) is 2.73. The minimum atomic E-state index is -5.08. The fourth-order valence-electron chi connectivity index (χ4n) is 2.60. The predicted molar refractivity (Wildman–Crippen MR) is 91.0 cm³/mol. The Morgan fingerprint density at radius 1 is 1.15 bits per heavy atom. The van der Waals surface area contributed by atoms with Crippen LogP contribution < -0.4 is 0 Å². The van der Waals surface area contributed by atoms with Crippen LogP contribution in [0.4, 0.5) is 13.2 Å². The first-order valence-corrected chi connectivity index (χ1v) is 8.03. The molecule has 0 spiro atoms. The van der Waals surface area contributed by atoms with Crippen molar-refractivity contribution in [1.82, 2.24) is 5.01 Å². The molecule has 1 aliphatic rings. The van der Waals surface area contributed by atoms with E-state index < -0.39 is 24.2 Å². The monoisotopic (exact) mass is 382 g/mol. The lowest BCUT2D eigenvalue weighted by Gasteiger charge is -2.32. The van der Waals surface area contributed by atoms with E-state index in [0.29, 0.717) is 10.6 Å². The van der Waals surface area contributed by atoms with Gasteiger partial charge in [-0.05, 0) is 36.8 Å². The molecule has 0 fully saturated rings. The maximum atomic E-state index is 13.6. The standard InChI is InChI=1S/C18H14ClF3N2O2/c1-11-2-4-13(5-3-11)16(25)24-17(26,18(20,21)22)10-15(23-24)12-6-8-14(19)9-7-12/h2-9,26H,10H2,1H3. The molecule has 1 N–H and O–H groups in total. The van der Waals surface area contributed by atoms with Gasteiger partial charge in [-0.1, -0.05) is 41.4 Å². The number of alkyl halides is 3. The third-order valence-corrected chi connectivity index (χ3v) is 4.36. The Bertz CT molecular complexity index is 864. The SMILES string of the molecule is Cc1ccc(C(=O)N2N=C(c3ccc(Cl)cc3)CC2(O)C(F)(F)F)cc1. The highest BCUT2D eigenvalue weighted by molar-refractivity contribution is 6.30. The van der Waals surface area contributed by atoms with Gasteiger partial charge in [0.1, 0.15) is 0 Å². The number of carbonyl (C=O) groups excluding carboxylic acids is 1. The summed E-state index contributed by atoms with van der Waals surface area (Å²) in [5.74, 6) is -1.03. The molecule has 1 atom stereocenters. The highest BCUT2D eigenvalue weighted by Crippen LogP contribution is 2.42. The van der Waals surface area contributed by atoms with Crippen LogP contribution in [-0.2, 0) is 0 Å². The van der Waals surface area contributed by atoms with E-state index in [-0.39, 0.29) is 16.3 Å². The fraction of sp³-hybridized carbons (Fsp3) is 0.222. The molecule has 8 heteroatoms. The summed E-state index contributed by atoms with van der Waals surface area (Å²) in [7, 11) is 0. The number of hydrogen-bond acceptors (Lipinski definition) is 3. The van der Waals surface area contributed by atoms with Crippen LogP contribution in [0.25, 0.3) is 0 Å². The first-order valence-electron chi connectivity index (χ1n) is 7.65. The maximum Gasteiger partial charge on any atom is 0.438 e. The summed E-state index contributed by atoms with van der Waals surface area (Å²) in [5, 5.41) is 14.6. The lowest BCUT2D eigenvalue weighted by Crippen LogP contribution is -2.56. The summed E-state index contributed by atoms with van der Waals surface area (Å²) >= 11 is 5.79. The zero-order valence-corrected chi connectivity index (χ0v) is 14.3. The van der Waals surface area contributed by atoms with Gasteiger partial charge in [-0.25, -0.2) is 0 Å². The lowest BCUT2D eigenvalue weighted by atomic mass is 10.0. The van der Waals surface area contributed by atoms with Gasteiger partial charge in [-0.3, -0.25) is 4.79 Å². The first-order chi connectivity index (χ1) is 12.1. The van der Waals surface area contributed by atoms with E-state index in [1.54, 1.807) is 19.1 Å². The van der Waals surface area contributed by atoms with Gasteiger partial charge in [-0.15, -0.1) is 0 Å². The zero-order chi connectivity index (χ0) is 19.1. The molecule has 1 amide bonds. The quantitative estimate of drug-likeness (QED) is 0.848. The van der Waals surface area contributed by atoms with Crippen molar-refractivity contribution in [2.75, 3.05) is 0 Å². The molecule has 3 rings (SSSR count). The lowest BCUT2D eigenvalue weighted by molar-refractivity contribution is -0.297. The minimum Gasteiger partial charge on any atom is -0.362 e. The molecular weight excluding hydrogens is 369 g/mol. The molecule has 26 heavy (non-hydrogen) atoms. The molecular formula is C18H14ClF3N2O2. The Kier molecular flexibility index (Phi) is 4.54. The number of aryl methyl sites for hydroxylation is 1. The summed E-state index contributed by atoms with van der Waals surface area (Å²) < 4.78 is 40.7. The van der Waals surface area contributed by atoms with Crippen LogP contribution >= 0.6 is 11.6 Å². The Labute approximate surface area is 152 Å². The summed E-state index contributed by atoms with van der Waals surface area (Å²) in [6.07, 6.45) is -5.94. The van der Waals surface area contributed by atoms with Gasteiger partial charge in [-0.2, -0.15) is 23.3 Å². The number of aliphatic hydroxyl groups is 1. The summed E-state index contributed by atoms with van der Waals surface area (Å²) in [5.41, 5.74) is -2.28. The molecule has 1 aliphatic heterocycles. The average Bonchev–Trinajstić information content (AvgIpc) is 2.94. The van der Waals surface area contributed by atoms with Gasteiger partial charge in [0.15, 0.2) is 0 Å². The third-order valence-electron chi connectivity index (χ3n) is 4.11. The normalized spacial score (nSPS) is 20.2. The van der Waals surface area contributed by atoms with Crippen LogP contribution in [0.3, 0.4) is 0 Å². The first kappa shape index (κ1) is 18.4. The van der Waals surface area contributed by atoms with Crippen molar-refractivity contribution in [3.8, 4) is 0 Å². The van der Waals surface area contributed by atoms with E-state index in [2.05, 4.69) is 5.10 Å². The van der Waals surface area contributed by atoms with Gasteiger partial charge in [0.25, 0.3) is 11.6 Å². The van der Waals surface area contributed by atoms with Gasteiger partial charge >= 0.3 is 6.18 Å². The van der Waals surface area contributed by atoms with Gasteiger partial charge < -0.3 is 5.11 Å². The van der Waals surface area contributed by atoms with Gasteiger partial charge in [0.05, 0.1) is 12.1 Å². The predicted octanol–water partition coefficient (Wildman–Crippen LogP) is 4.15. The van der Waals surface area contributed by atoms with Crippen LogP contribution in [-0.4, -0.2) is 33.6 Å². The van der Waals surface area contributed by atoms with Crippen molar-refractivity contribution < 1.29 is 23.1 Å². The van der Waals surface area contributed by atoms with E-state index in [0.717, 1.165) is 5.56 Å². The Morgan fingerprint density at radius 3 is 2.27 bits per heavy atom. The van der Waals surface area contributed by atoms with Crippen molar-refractivity contribution in [3.05, 3.63) is 70.2 Å². The molecule has 0 bridgehead atoms. The van der Waals surface area contributed by atoms with Crippen LogP contribution in [0.2, 0.25) is 5.02 Å². The molecule has 2 aromatic carbocycles. The molecule has 136 valence electrons. The number of benzene rings is 2. The Balaban J connectivity index is 2.03. The van der Waals surface area contributed by atoms with Gasteiger partial charge in [0.2, 0.25) is 0 Å². The molecule has 0 saturated carbocycles. The molecule has 0 saturated heterocycles. The second-order valence-electron chi connectivity index (χ2n) is 6.03. The van der Waals surface area contributed by atoms with Crippen LogP contribution in [0.15, 0.2) is 53.6 Å². The molecule has 1 heterocycles. The number of hydrazone groups is 1. The van der Waals surface area contributed by atoms with Gasteiger partial charge in [0, 0.05) is 10.6 Å². The van der Waals surface area contributed by atoms with Crippen LogP contribution in [0.5, 0.6) is 0 Å². The van der Waals surface area contributed by atoms with E-state index >= 15 is 0 Å². The summed E-state index contributed by atoms with van der Waals surface area (Å²) in [4.78, 5) is 12.6. The van der Waals surface area contributed by atoms with Crippen molar-refractivity contribution >= 4 is 23.2 Å². The molecule has 0 radical (unpaired) electrons. The Morgan fingerprint density at radius 2 is 1.73 bits per heavy atom. The number of nitrogens with zero attached hydrogens (tertiary/aromatic N) is 2. The van der Waals surface area contributed by atoms with Crippen molar-refractivity contribution in [2.24, 2.45) is 5.10 Å².